The molecule has 0 aliphatic rings. The molecule has 2 aromatic rings. The molecule has 0 aliphatic carbocycles. The van der Waals surface area contributed by atoms with E-state index in [1.807, 2.05) is 13.8 Å². The molecule has 9 heteroatoms. The number of aromatic nitrogens is 5. The molecule has 102 valence electrons. The van der Waals surface area contributed by atoms with Crippen LogP contribution in [0, 0.1) is 0 Å². The number of aromatic amines is 1. The molecule has 0 saturated heterocycles. The normalized spacial score (nSPS) is 10.9. The fraction of sp³-hybridized carbons (Fsp3) is 0.400. The van der Waals surface area contributed by atoms with Crippen LogP contribution < -0.4 is 16.7 Å². The topological polar surface area (TPSA) is 115 Å². The molecule has 0 radical (unpaired) electrons. The lowest BCUT2D eigenvalue weighted by Gasteiger charge is -2.08. The average molecular weight is 281 g/mol. The Hall–Kier alpha value is -2.03. The van der Waals surface area contributed by atoms with Gasteiger partial charge in [0, 0.05) is 19.2 Å². The SMILES string of the molecule is CNc1cc(Sc2n[nH]c(=O)n2C(C)C)nc(N)n1. The fourth-order valence-electron chi connectivity index (χ4n) is 1.53. The summed E-state index contributed by atoms with van der Waals surface area (Å²) in [6, 6.07) is 1.75. The van der Waals surface area contributed by atoms with Crippen molar-refractivity contribution in [2.45, 2.75) is 30.1 Å². The molecule has 4 N–H and O–H groups in total. The first kappa shape index (κ1) is 13.4. The van der Waals surface area contributed by atoms with E-state index in [0.717, 1.165) is 0 Å². The van der Waals surface area contributed by atoms with Crippen LogP contribution in [0.15, 0.2) is 21.0 Å². The first-order chi connectivity index (χ1) is 9.01. The van der Waals surface area contributed by atoms with Crippen LogP contribution in [0.2, 0.25) is 0 Å². The van der Waals surface area contributed by atoms with Crippen LogP contribution in [0.1, 0.15) is 19.9 Å². The number of anilines is 2. The van der Waals surface area contributed by atoms with E-state index in [9.17, 15) is 4.79 Å². The van der Waals surface area contributed by atoms with Crippen LogP contribution >= 0.6 is 11.8 Å². The Morgan fingerprint density at radius 2 is 2.21 bits per heavy atom. The summed E-state index contributed by atoms with van der Waals surface area (Å²) in [5.74, 6) is 0.785. The van der Waals surface area contributed by atoms with E-state index in [1.54, 1.807) is 17.7 Å². The van der Waals surface area contributed by atoms with Crippen molar-refractivity contribution in [2.24, 2.45) is 0 Å². The van der Waals surface area contributed by atoms with Crippen molar-refractivity contribution in [1.82, 2.24) is 24.7 Å². The maximum Gasteiger partial charge on any atom is 0.344 e. The first-order valence-corrected chi connectivity index (χ1v) is 6.50. The molecule has 19 heavy (non-hydrogen) atoms. The van der Waals surface area contributed by atoms with Gasteiger partial charge < -0.3 is 11.1 Å². The number of nitrogens with zero attached hydrogens (tertiary/aromatic N) is 4. The Kier molecular flexibility index (Phi) is 3.74. The second-order valence-electron chi connectivity index (χ2n) is 4.08. The lowest BCUT2D eigenvalue weighted by Crippen LogP contribution is -2.19. The zero-order chi connectivity index (χ0) is 14.0. The van der Waals surface area contributed by atoms with Gasteiger partial charge in [-0.1, -0.05) is 0 Å². The highest BCUT2D eigenvalue weighted by atomic mass is 32.2. The van der Waals surface area contributed by atoms with E-state index < -0.39 is 0 Å². The highest BCUT2D eigenvalue weighted by Crippen LogP contribution is 2.26. The van der Waals surface area contributed by atoms with Crippen LogP contribution in [0.4, 0.5) is 11.8 Å². The lowest BCUT2D eigenvalue weighted by atomic mass is 10.4. The molecule has 0 amide bonds. The third-order valence-corrected chi connectivity index (χ3v) is 3.25. The third kappa shape index (κ3) is 2.87. The highest BCUT2D eigenvalue weighted by molar-refractivity contribution is 7.99. The van der Waals surface area contributed by atoms with Gasteiger partial charge in [0.15, 0.2) is 5.16 Å². The zero-order valence-corrected chi connectivity index (χ0v) is 11.7. The Balaban J connectivity index is 2.36. The molecule has 0 spiro atoms. The summed E-state index contributed by atoms with van der Waals surface area (Å²) in [4.78, 5) is 19.7. The van der Waals surface area contributed by atoms with E-state index in [-0.39, 0.29) is 17.7 Å². The Morgan fingerprint density at radius 1 is 1.47 bits per heavy atom. The van der Waals surface area contributed by atoms with Crippen LogP contribution in [0.3, 0.4) is 0 Å². The largest absolute Gasteiger partial charge is 0.373 e. The maximum absolute atomic E-state index is 11.6. The summed E-state index contributed by atoms with van der Waals surface area (Å²) in [6.07, 6.45) is 0. The van der Waals surface area contributed by atoms with Crippen molar-refractivity contribution in [2.75, 3.05) is 18.1 Å². The number of nitrogens with one attached hydrogen (secondary N) is 2. The summed E-state index contributed by atoms with van der Waals surface area (Å²) in [5.41, 5.74) is 5.38. The van der Waals surface area contributed by atoms with Gasteiger partial charge in [-0.3, -0.25) is 4.57 Å². The van der Waals surface area contributed by atoms with Crippen molar-refractivity contribution >= 4 is 23.5 Å². The monoisotopic (exact) mass is 281 g/mol. The van der Waals surface area contributed by atoms with Gasteiger partial charge in [-0.15, -0.1) is 5.10 Å². The summed E-state index contributed by atoms with van der Waals surface area (Å²) >= 11 is 1.26. The van der Waals surface area contributed by atoms with Gasteiger partial charge in [0.2, 0.25) is 5.95 Å². The van der Waals surface area contributed by atoms with E-state index >= 15 is 0 Å². The van der Waals surface area contributed by atoms with E-state index in [0.29, 0.717) is 16.0 Å². The summed E-state index contributed by atoms with van der Waals surface area (Å²) in [5, 5.41) is 10.5. The lowest BCUT2D eigenvalue weighted by molar-refractivity contribution is 0.534. The fourth-order valence-corrected chi connectivity index (χ4v) is 2.51. The summed E-state index contributed by atoms with van der Waals surface area (Å²) in [7, 11) is 1.74. The molecule has 2 aromatic heterocycles. The molecule has 0 aromatic carbocycles. The zero-order valence-electron chi connectivity index (χ0n) is 10.8. The molecule has 2 heterocycles. The minimum absolute atomic E-state index is 0.0108. The molecule has 0 fully saturated rings. The maximum atomic E-state index is 11.6. The number of nitrogen functional groups attached to an aromatic ring is 1. The molecule has 0 unspecified atom stereocenters. The average Bonchev–Trinajstić information content (AvgIpc) is 2.69. The predicted molar refractivity (Wildman–Crippen MR) is 73.3 cm³/mol. The Labute approximate surface area is 113 Å². The summed E-state index contributed by atoms with van der Waals surface area (Å²) < 4.78 is 1.56. The Morgan fingerprint density at radius 3 is 2.84 bits per heavy atom. The quantitative estimate of drug-likeness (QED) is 0.707. The molecular weight excluding hydrogens is 266 g/mol. The second kappa shape index (κ2) is 5.31. The molecule has 8 nitrogen and oxygen atoms in total. The minimum atomic E-state index is -0.242. The van der Waals surface area contributed by atoms with Gasteiger partial charge in [-0.2, -0.15) is 4.98 Å². The predicted octanol–water partition coefficient (Wildman–Crippen LogP) is 0.717. The molecule has 0 bridgehead atoms. The Bertz CT molecular complexity index is 633. The minimum Gasteiger partial charge on any atom is -0.373 e. The molecule has 0 aliphatic heterocycles. The third-order valence-electron chi connectivity index (χ3n) is 2.36. The van der Waals surface area contributed by atoms with Gasteiger partial charge in [-0.05, 0) is 25.6 Å². The number of nitrogens with two attached hydrogens (primary N) is 1. The smallest absolute Gasteiger partial charge is 0.344 e. The van der Waals surface area contributed by atoms with Crippen molar-refractivity contribution in [3.8, 4) is 0 Å². The molecule has 2 rings (SSSR count). The standard InChI is InChI=1S/C10H15N7OS/c1-5(2)17-9(18)15-16-10(17)19-7-4-6(12-3)13-8(11)14-7/h4-5H,1-3H3,(H,15,18)(H3,11,12,13,14). The van der Waals surface area contributed by atoms with Crippen LogP contribution in [0.5, 0.6) is 0 Å². The van der Waals surface area contributed by atoms with Crippen LogP contribution in [-0.2, 0) is 0 Å². The van der Waals surface area contributed by atoms with Gasteiger partial charge in [0.05, 0.1) is 0 Å². The van der Waals surface area contributed by atoms with Crippen LogP contribution in [-0.4, -0.2) is 31.8 Å². The van der Waals surface area contributed by atoms with E-state index in [4.69, 9.17) is 5.73 Å². The number of hydrogen-bond acceptors (Lipinski definition) is 7. The number of rotatable bonds is 4. The van der Waals surface area contributed by atoms with E-state index in [1.165, 1.54) is 11.8 Å². The summed E-state index contributed by atoms with van der Waals surface area (Å²) in [6.45, 7) is 3.82. The van der Waals surface area contributed by atoms with Crippen molar-refractivity contribution in [3.05, 3.63) is 16.6 Å². The van der Waals surface area contributed by atoms with Gasteiger partial charge in [0.25, 0.3) is 0 Å². The van der Waals surface area contributed by atoms with Crippen molar-refractivity contribution in [1.29, 1.82) is 0 Å². The highest BCUT2D eigenvalue weighted by Gasteiger charge is 2.14. The first-order valence-electron chi connectivity index (χ1n) is 5.68. The van der Waals surface area contributed by atoms with Crippen LogP contribution in [0.25, 0.3) is 0 Å². The molecular formula is C10H15N7OS. The number of hydrogen-bond donors (Lipinski definition) is 3. The van der Waals surface area contributed by atoms with Crippen molar-refractivity contribution in [3.63, 3.8) is 0 Å². The van der Waals surface area contributed by atoms with Gasteiger partial charge in [-0.25, -0.2) is 14.9 Å². The second-order valence-corrected chi connectivity index (χ2v) is 5.06. The molecule has 0 saturated carbocycles. The molecule has 0 atom stereocenters. The van der Waals surface area contributed by atoms with Gasteiger partial charge in [0.1, 0.15) is 10.8 Å². The van der Waals surface area contributed by atoms with E-state index in [2.05, 4.69) is 25.5 Å². The van der Waals surface area contributed by atoms with Gasteiger partial charge >= 0.3 is 5.69 Å². The van der Waals surface area contributed by atoms with Crippen molar-refractivity contribution < 1.29 is 0 Å². The number of H-pyrrole nitrogens is 1.